The zero-order chi connectivity index (χ0) is 15.0. The summed E-state index contributed by atoms with van der Waals surface area (Å²) in [6.07, 6.45) is 3.01. The number of nitriles is 1. The molecule has 0 N–H and O–H groups in total. The first-order valence-electron chi connectivity index (χ1n) is 6.61. The van der Waals surface area contributed by atoms with Gasteiger partial charge in [0.05, 0.1) is 6.54 Å². The lowest BCUT2D eigenvalue weighted by Crippen LogP contribution is -2.41. The highest BCUT2D eigenvalue weighted by Crippen LogP contribution is 2.33. The van der Waals surface area contributed by atoms with E-state index in [1.54, 1.807) is 12.1 Å². The number of benzene rings is 1. The van der Waals surface area contributed by atoms with E-state index in [-0.39, 0.29) is 23.7 Å². The van der Waals surface area contributed by atoms with E-state index in [9.17, 15) is 14.0 Å². The molecule has 106 valence electrons. The second-order valence-corrected chi connectivity index (χ2v) is 5.06. The Kier molecular flexibility index (Phi) is 3.18. The second-order valence-electron chi connectivity index (χ2n) is 5.06. The van der Waals surface area contributed by atoms with Crippen LogP contribution in [0.3, 0.4) is 0 Å². The molecule has 1 aliphatic rings. The normalized spacial score (nSPS) is 13.9. The van der Waals surface area contributed by atoms with Crippen molar-refractivity contribution in [3.8, 4) is 6.07 Å². The summed E-state index contributed by atoms with van der Waals surface area (Å²) in [6, 6.07) is 7.80. The molecule has 1 saturated carbocycles. The van der Waals surface area contributed by atoms with Crippen LogP contribution in [0.4, 0.5) is 4.39 Å². The molecular weight excluding hydrogens is 273 g/mol. The van der Waals surface area contributed by atoms with Crippen molar-refractivity contribution in [2.75, 3.05) is 0 Å². The number of nitrogens with zero attached hydrogens (tertiary/aromatic N) is 3. The highest BCUT2D eigenvalue weighted by Gasteiger charge is 2.27. The van der Waals surface area contributed by atoms with Crippen molar-refractivity contribution < 1.29 is 4.39 Å². The largest absolute Gasteiger partial charge is 0.331 e. The summed E-state index contributed by atoms with van der Waals surface area (Å²) < 4.78 is 16.0. The molecule has 1 fully saturated rings. The van der Waals surface area contributed by atoms with Crippen LogP contribution in [-0.2, 0) is 6.54 Å². The van der Waals surface area contributed by atoms with Gasteiger partial charge >= 0.3 is 5.69 Å². The molecule has 1 aliphatic carbocycles. The Morgan fingerprint density at radius 2 is 2.00 bits per heavy atom. The molecule has 0 aliphatic heterocycles. The van der Waals surface area contributed by atoms with Crippen LogP contribution < -0.4 is 11.2 Å². The van der Waals surface area contributed by atoms with Crippen molar-refractivity contribution in [1.82, 2.24) is 9.13 Å². The topological polar surface area (TPSA) is 67.8 Å². The summed E-state index contributed by atoms with van der Waals surface area (Å²) in [5.74, 6) is -0.482. The Hall–Kier alpha value is -2.68. The van der Waals surface area contributed by atoms with Gasteiger partial charge in [-0.2, -0.15) is 5.26 Å². The van der Waals surface area contributed by atoms with Crippen LogP contribution in [0.15, 0.2) is 40.1 Å². The first-order chi connectivity index (χ1) is 10.1. The van der Waals surface area contributed by atoms with Crippen molar-refractivity contribution in [2.24, 2.45) is 0 Å². The first kappa shape index (κ1) is 13.3. The minimum absolute atomic E-state index is 0.0390. The summed E-state index contributed by atoms with van der Waals surface area (Å²) in [5.41, 5.74) is -1.03. The minimum atomic E-state index is -0.678. The summed E-state index contributed by atoms with van der Waals surface area (Å²) in [5, 5.41) is 9.03. The molecule has 0 unspecified atom stereocenters. The van der Waals surface area contributed by atoms with Crippen LogP contribution in [0.1, 0.15) is 30.0 Å². The molecule has 0 atom stereocenters. The fraction of sp³-hybridized carbons (Fsp3) is 0.267. The summed E-state index contributed by atoms with van der Waals surface area (Å²) in [7, 11) is 0. The number of halogens is 1. The number of hydrogen-bond acceptors (Lipinski definition) is 3. The molecule has 21 heavy (non-hydrogen) atoms. The lowest BCUT2D eigenvalue weighted by atomic mass is 10.2. The standard InChI is InChI=1S/C15H12FN3O2/c16-13-4-2-1-3-10(13)8-19-14(20)11(7-17)9-18(15(19)21)12-5-6-12/h1-4,9,12H,5-6,8H2. The van der Waals surface area contributed by atoms with Crippen molar-refractivity contribution in [1.29, 1.82) is 5.26 Å². The van der Waals surface area contributed by atoms with Crippen LogP contribution in [0.25, 0.3) is 0 Å². The van der Waals surface area contributed by atoms with E-state index in [1.165, 1.54) is 29.0 Å². The highest BCUT2D eigenvalue weighted by molar-refractivity contribution is 5.24. The van der Waals surface area contributed by atoms with Gasteiger partial charge in [-0.15, -0.1) is 0 Å². The molecule has 1 heterocycles. The highest BCUT2D eigenvalue weighted by atomic mass is 19.1. The number of rotatable bonds is 3. The third kappa shape index (κ3) is 2.38. The van der Waals surface area contributed by atoms with Gasteiger partial charge in [-0.05, 0) is 18.9 Å². The van der Waals surface area contributed by atoms with Gasteiger partial charge in [-0.1, -0.05) is 18.2 Å². The van der Waals surface area contributed by atoms with E-state index in [4.69, 9.17) is 5.26 Å². The van der Waals surface area contributed by atoms with E-state index in [0.717, 1.165) is 17.4 Å². The Morgan fingerprint density at radius 3 is 2.62 bits per heavy atom. The van der Waals surface area contributed by atoms with Crippen LogP contribution in [0, 0.1) is 17.1 Å². The fourth-order valence-electron chi connectivity index (χ4n) is 2.25. The van der Waals surface area contributed by atoms with E-state index >= 15 is 0 Å². The lowest BCUT2D eigenvalue weighted by Gasteiger charge is -2.10. The van der Waals surface area contributed by atoms with Crippen molar-refractivity contribution in [2.45, 2.75) is 25.4 Å². The quantitative estimate of drug-likeness (QED) is 0.856. The average molecular weight is 285 g/mol. The van der Waals surface area contributed by atoms with Gasteiger partial charge in [0.25, 0.3) is 5.56 Å². The van der Waals surface area contributed by atoms with Crippen LogP contribution in [-0.4, -0.2) is 9.13 Å². The summed E-state index contributed by atoms with van der Waals surface area (Å²) in [6.45, 7) is -0.174. The Balaban J connectivity index is 2.16. The van der Waals surface area contributed by atoms with Gasteiger partial charge in [-0.25, -0.2) is 9.18 Å². The van der Waals surface area contributed by atoms with Crippen LogP contribution >= 0.6 is 0 Å². The molecule has 1 aromatic carbocycles. The SMILES string of the molecule is N#Cc1cn(C2CC2)c(=O)n(Cc2ccccc2F)c1=O. The van der Waals surface area contributed by atoms with E-state index in [2.05, 4.69) is 0 Å². The second kappa shape index (κ2) is 5.02. The predicted octanol–water partition coefficient (Wildman–Crippen LogP) is 1.40. The molecular formula is C15H12FN3O2. The Morgan fingerprint density at radius 1 is 1.29 bits per heavy atom. The Labute approximate surface area is 119 Å². The van der Waals surface area contributed by atoms with Gasteiger partial charge in [0.15, 0.2) is 0 Å². The maximum absolute atomic E-state index is 13.7. The molecule has 0 radical (unpaired) electrons. The van der Waals surface area contributed by atoms with Crippen molar-refractivity contribution in [3.63, 3.8) is 0 Å². The maximum atomic E-state index is 13.7. The van der Waals surface area contributed by atoms with Gasteiger partial charge in [-0.3, -0.25) is 13.9 Å². The van der Waals surface area contributed by atoms with Gasteiger partial charge < -0.3 is 0 Å². The van der Waals surface area contributed by atoms with Crippen LogP contribution in [0.5, 0.6) is 0 Å². The predicted molar refractivity (Wildman–Crippen MR) is 73.5 cm³/mol. The molecule has 0 bridgehead atoms. The number of aromatic nitrogens is 2. The monoisotopic (exact) mass is 285 g/mol. The van der Waals surface area contributed by atoms with Crippen molar-refractivity contribution in [3.05, 3.63) is 68.2 Å². The molecule has 2 aromatic rings. The molecule has 0 spiro atoms. The molecule has 6 heteroatoms. The van der Waals surface area contributed by atoms with E-state index in [0.29, 0.717) is 0 Å². The first-order valence-corrected chi connectivity index (χ1v) is 6.61. The Bertz CT molecular complexity index is 856. The molecule has 3 rings (SSSR count). The molecule has 0 amide bonds. The zero-order valence-electron chi connectivity index (χ0n) is 11.1. The maximum Gasteiger partial charge on any atom is 0.331 e. The minimum Gasteiger partial charge on any atom is -0.296 e. The smallest absolute Gasteiger partial charge is 0.296 e. The van der Waals surface area contributed by atoms with E-state index < -0.39 is 17.1 Å². The average Bonchev–Trinajstić information content (AvgIpc) is 3.30. The summed E-state index contributed by atoms with van der Waals surface area (Å²) in [4.78, 5) is 24.5. The van der Waals surface area contributed by atoms with E-state index in [1.807, 2.05) is 0 Å². The van der Waals surface area contributed by atoms with Gasteiger partial charge in [0, 0.05) is 17.8 Å². The van der Waals surface area contributed by atoms with Crippen molar-refractivity contribution >= 4 is 0 Å². The molecule has 1 aromatic heterocycles. The molecule has 5 nitrogen and oxygen atoms in total. The third-order valence-electron chi connectivity index (χ3n) is 3.54. The molecule has 0 saturated heterocycles. The van der Waals surface area contributed by atoms with Crippen LogP contribution in [0.2, 0.25) is 0 Å². The van der Waals surface area contributed by atoms with Gasteiger partial charge in [0.2, 0.25) is 0 Å². The fourth-order valence-corrected chi connectivity index (χ4v) is 2.25. The third-order valence-corrected chi connectivity index (χ3v) is 3.54. The number of hydrogen-bond donors (Lipinski definition) is 0. The lowest BCUT2D eigenvalue weighted by molar-refractivity contribution is 0.560. The summed E-state index contributed by atoms with van der Waals surface area (Å²) >= 11 is 0. The van der Waals surface area contributed by atoms with Gasteiger partial charge in [0.1, 0.15) is 17.4 Å². The zero-order valence-corrected chi connectivity index (χ0v) is 11.1.